The number of fused-ring (bicyclic) bond motifs is 4. The number of hydrogen-bond donors (Lipinski definition) is 0. The summed E-state index contributed by atoms with van der Waals surface area (Å²) in [4.78, 5) is 7.41. The first kappa shape index (κ1) is 25.5. The van der Waals surface area contributed by atoms with Gasteiger partial charge in [-0.05, 0) is 68.4 Å². The minimum atomic E-state index is 1.01. The van der Waals surface area contributed by atoms with Crippen molar-refractivity contribution in [2.45, 2.75) is 9.79 Å². The van der Waals surface area contributed by atoms with Crippen LogP contribution in [-0.2, 0) is 0 Å². The molecule has 1 heterocycles. The van der Waals surface area contributed by atoms with Gasteiger partial charge >= 0.3 is 0 Å². The number of rotatable bonds is 5. The van der Waals surface area contributed by atoms with Gasteiger partial charge < -0.3 is 0 Å². The van der Waals surface area contributed by atoms with E-state index in [1.165, 1.54) is 70.1 Å². The van der Waals surface area contributed by atoms with Crippen LogP contribution in [0.25, 0.3) is 65.8 Å². The molecule has 0 aliphatic carbocycles. The highest BCUT2D eigenvalue weighted by molar-refractivity contribution is 7.99. The summed E-state index contributed by atoms with van der Waals surface area (Å²) in [6.07, 6.45) is 2.08. The smallest absolute Gasteiger partial charge is 0.0708 e. The summed E-state index contributed by atoms with van der Waals surface area (Å²) in [6.45, 7) is 0. The number of benzene rings is 7. The van der Waals surface area contributed by atoms with E-state index in [4.69, 9.17) is 4.98 Å². The lowest BCUT2D eigenvalue weighted by molar-refractivity contribution is 1.42. The van der Waals surface area contributed by atoms with Crippen LogP contribution in [0, 0.1) is 0 Å². The van der Waals surface area contributed by atoms with Crippen LogP contribution in [0.15, 0.2) is 174 Å². The van der Waals surface area contributed by atoms with E-state index in [1.807, 2.05) is 11.8 Å². The lowest BCUT2D eigenvalue weighted by Crippen LogP contribution is -1.92. The van der Waals surface area contributed by atoms with Crippen molar-refractivity contribution in [3.05, 3.63) is 164 Å². The molecule has 0 fully saturated rings. The van der Waals surface area contributed by atoms with Gasteiger partial charge in [-0.2, -0.15) is 0 Å². The topological polar surface area (TPSA) is 12.9 Å². The van der Waals surface area contributed by atoms with Gasteiger partial charge in [-0.3, -0.25) is 4.98 Å². The largest absolute Gasteiger partial charge is 0.256 e. The molecule has 0 unspecified atom stereocenters. The summed E-state index contributed by atoms with van der Waals surface area (Å²) in [6, 6.07) is 56.4. The van der Waals surface area contributed by atoms with Gasteiger partial charge in [0.25, 0.3) is 0 Å². The van der Waals surface area contributed by atoms with E-state index >= 15 is 0 Å². The van der Waals surface area contributed by atoms with Gasteiger partial charge in [0.15, 0.2) is 0 Å². The van der Waals surface area contributed by atoms with Crippen molar-refractivity contribution in [3.8, 4) is 33.4 Å². The fourth-order valence-corrected chi connectivity index (χ4v) is 7.36. The Balaban J connectivity index is 1.44. The second kappa shape index (κ2) is 10.9. The average Bonchev–Trinajstić information content (AvgIpc) is 3.09. The van der Waals surface area contributed by atoms with Crippen LogP contribution < -0.4 is 0 Å². The van der Waals surface area contributed by atoms with Crippen molar-refractivity contribution in [2.75, 3.05) is 0 Å². The lowest BCUT2D eigenvalue weighted by Gasteiger charge is -2.19. The first-order chi connectivity index (χ1) is 21.3. The monoisotopic (exact) mass is 565 g/mol. The van der Waals surface area contributed by atoms with Gasteiger partial charge in [0.1, 0.15) is 0 Å². The molecule has 8 rings (SSSR count). The van der Waals surface area contributed by atoms with Crippen LogP contribution >= 0.6 is 11.8 Å². The van der Waals surface area contributed by atoms with Gasteiger partial charge in [0.05, 0.1) is 5.52 Å². The Morgan fingerprint density at radius 1 is 0.395 bits per heavy atom. The van der Waals surface area contributed by atoms with Gasteiger partial charge in [-0.25, -0.2) is 0 Å². The molecule has 43 heavy (non-hydrogen) atoms. The van der Waals surface area contributed by atoms with Gasteiger partial charge in [-0.15, -0.1) is 0 Å². The summed E-state index contributed by atoms with van der Waals surface area (Å²) < 4.78 is 0. The molecule has 0 aliphatic rings. The molecule has 0 amide bonds. The Labute approximate surface area is 255 Å². The summed E-state index contributed by atoms with van der Waals surface area (Å²) in [5.74, 6) is 0. The number of aromatic nitrogens is 1. The van der Waals surface area contributed by atoms with Crippen molar-refractivity contribution in [1.29, 1.82) is 0 Å². The van der Waals surface area contributed by atoms with Crippen LogP contribution in [0.5, 0.6) is 0 Å². The molecule has 0 aliphatic heterocycles. The molecule has 202 valence electrons. The summed E-state index contributed by atoms with van der Waals surface area (Å²) >= 11 is 1.86. The fraction of sp³-hybridized carbons (Fsp3) is 0. The van der Waals surface area contributed by atoms with Crippen molar-refractivity contribution in [2.24, 2.45) is 0 Å². The van der Waals surface area contributed by atoms with Crippen molar-refractivity contribution in [1.82, 2.24) is 4.98 Å². The highest BCUT2D eigenvalue weighted by Gasteiger charge is 2.19. The number of hydrogen-bond acceptors (Lipinski definition) is 2. The Morgan fingerprint density at radius 3 is 1.53 bits per heavy atom. The summed E-state index contributed by atoms with van der Waals surface area (Å²) in [5, 5.41) is 6.09. The molecule has 0 saturated heterocycles. The third kappa shape index (κ3) is 4.67. The van der Waals surface area contributed by atoms with E-state index in [1.54, 1.807) is 0 Å². The predicted octanol–water partition coefficient (Wildman–Crippen LogP) is 11.7. The van der Waals surface area contributed by atoms with Crippen LogP contribution in [-0.4, -0.2) is 4.98 Å². The van der Waals surface area contributed by atoms with Crippen LogP contribution in [0.4, 0.5) is 0 Å². The molecule has 0 saturated carbocycles. The minimum absolute atomic E-state index is 1.01. The van der Waals surface area contributed by atoms with Gasteiger partial charge in [-0.1, -0.05) is 145 Å². The van der Waals surface area contributed by atoms with E-state index in [-0.39, 0.29) is 0 Å². The molecule has 2 heteroatoms. The van der Waals surface area contributed by atoms with Crippen LogP contribution in [0.2, 0.25) is 0 Å². The fourth-order valence-electron chi connectivity index (χ4n) is 6.15. The molecule has 8 aromatic rings. The zero-order valence-corrected chi connectivity index (χ0v) is 24.3. The minimum Gasteiger partial charge on any atom is -0.256 e. The quantitative estimate of drug-likeness (QED) is 0.152. The van der Waals surface area contributed by atoms with E-state index in [2.05, 4.69) is 164 Å². The molecule has 1 nitrogen and oxygen atoms in total. The first-order valence-electron chi connectivity index (χ1n) is 14.5. The molecule has 0 N–H and O–H groups in total. The van der Waals surface area contributed by atoms with Crippen LogP contribution in [0.1, 0.15) is 0 Å². The van der Waals surface area contributed by atoms with Crippen molar-refractivity contribution < 1.29 is 0 Å². The maximum atomic E-state index is 4.95. The number of pyridine rings is 1. The highest BCUT2D eigenvalue weighted by Crippen LogP contribution is 2.48. The Bertz CT molecular complexity index is 2180. The van der Waals surface area contributed by atoms with E-state index in [0.29, 0.717) is 0 Å². The highest BCUT2D eigenvalue weighted by atomic mass is 32.2. The van der Waals surface area contributed by atoms with E-state index in [9.17, 15) is 0 Å². The molecular weight excluding hydrogens is 539 g/mol. The lowest BCUT2D eigenvalue weighted by atomic mass is 9.91. The van der Waals surface area contributed by atoms with E-state index < -0.39 is 0 Å². The molecular formula is C41H27NS. The summed E-state index contributed by atoms with van der Waals surface area (Å²) in [5.41, 5.74) is 8.30. The zero-order chi connectivity index (χ0) is 28.6. The third-order valence-electron chi connectivity index (χ3n) is 8.12. The normalized spacial score (nSPS) is 11.3. The van der Waals surface area contributed by atoms with Crippen molar-refractivity contribution in [3.63, 3.8) is 0 Å². The molecule has 0 bridgehead atoms. The third-order valence-corrected chi connectivity index (χ3v) is 9.22. The maximum absolute atomic E-state index is 4.95. The molecule has 7 aromatic carbocycles. The van der Waals surface area contributed by atoms with Crippen LogP contribution in [0.3, 0.4) is 0 Å². The second-order valence-corrected chi connectivity index (χ2v) is 11.8. The second-order valence-electron chi connectivity index (χ2n) is 10.8. The Hall–Kier alpha value is -5.18. The van der Waals surface area contributed by atoms with Gasteiger partial charge in [0, 0.05) is 32.1 Å². The summed E-state index contributed by atoms with van der Waals surface area (Å²) in [7, 11) is 0. The Kier molecular flexibility index (Phi) is 6.47. The number of nitrogens with zero attached hydrogens (tertiary/aromatic N) is 1. The molecule has 0 radical (unpaired) electrons. The molecule has 0 atom stereocenters. The Morgan fingerprint density at radius 2 is 0.907 bits per heavy atom. The number of para-hydroxylation sites is 1. The molecule has 0 spiro atoms. The SMILES string of the molecule is c1ccc(-c2cc(Sc3c4ccccc4c(-c4ccccc4)c4cnc5ccccc5c34)cc(-c3ccccc3)c2)cc1. The zero-order valence-electron chi connectivity index (χ0n) is 23.4. The first-order valence-corrected chi connectivity index (χ1v) is 15.4. The standard InChI is InChI=1S/C41H27NS/c1-4-14-28(15-5-1)31-24-32(29-16-6-2-7-17-29)26-33(25-31)43-41-35-21-11-10-20-34(35)39(30-18-8-3-9-19-30)37-27-42-38-23-13-12-22-36(38)40(37)41/h1-27H. The van der Waals surface area contributed by atoms with Gasteiger partial charge in [0.2, 0.25) is 0 Å². The maximum Gasteiger partial charge on any atom is 0.0708 e. The predicted molar refractivity (Wildman–Crippen MR) is 184 cm³/mol. The molecule has 1 aromatic heterocycles. The average molecular weight is 566 g/mol. The van der Waals surface area contributed by atoms with Crippen molar-refractivity contribution >= 4 is 44.2 Å². The van der Waals surface area contributed by atoms with E-state index in [0.717, 1.165) is 5.52 Å².